The van der Waals surface area contributed by atoms with Gasteiger partial charge in [0.15, 0.2) is 0 Å². The molecule has 146 valence electrons. The van der Waals surface area contributed by atoms with Gasteiger partial charge in [-0.3, -0.25) is 0 Å². The molecule has 0 saturated carbocycles. The number of hydrogen-bond acceptors (Lipinski definition) is 5. The van der Waals surface area contributed by atoms with Crippen LogP contribution in [-0.4, -0.2) is 25.5 Å². The molecule has 3 aromatic rings. The van der Waals surface area contributed by atoms with Crippen molar-refractivity contribution in [1.29, 1.82) is 0 Å². The van der Waals surface area contributed by atoms with Crippen molar-refractivity contribution in [1.82, 2.24) is 0 Å². The van der Waals surface area contributed by atoms with Crippen LogP contribution in [0.2, 0.25) is 0 Å². The zero-order chi connectivity index (χ0) is 20.6. The van der Waals surface area contributed by atoms with Crippen LogP contribution in [0.3, 0.4) is 0 Å². The molecule has 28 heavy (non-hydrogen) atoms. The second-order valence-electron chi connectivity index (χ2n) is 7.22. The molecule has 0 amide bonds. The van der Waals surface area contributed by atoms with E-state index >= 15 is 0 Å². The van der Waals surface area contributed by atoms with E-state index in [0.717, 1.165) is 11.1 Å². The van der Waals surface area contributed by atoms with Crippen molar-refractivity contribution in [3.63, 3.8) is 0 Å². The maximum atomic E-state index is 10.8. The minimum absolute atomic E-state index is 0.0857. The average molecular weight is 380 g/mol. The molecule has 0 heterocycles. The van der Waals surface area contributed by atoms with E-state index in [2.05, 4.69) is 0 Å². The smallest absolute Gasteiger partial charge is 0.127 e. The number of benzene rings is 3. The lowest BCUT2D eigenvalue weighted by atomic mass is 9.91. The molecule has 5 heteroatoms. The Bertz CT molecular complexity index is 947. The van der Waals surface area contributed by atoms with E-state index in [1.54, 1.807) is 43.3 Å². The van der Waals surface area contributed by atoms with Crippen LogP contribution in [0, 0.1) is 20.8 Å². The number of phenolic OH excluding ortho intramolecular Hbond substituents is 3. The van der Waals surface area contributed by atoms with Crippen molar-refractivity contribution in [3.05, 3.63) is 87.5 Å². The number of aliphatic hydroxyl groups excluding tert-OH is 2. The second-order valence-corrected chi connectivity index (χ2v) is 7.22. The van der Waals surface area contributed by atoms with Gasteiger partial charge in [0, 0.05) is 22.3 Å². The normalized spacial score (nSPS) is 13.3. The molecule has 0 aliphatic rings. The predicted octanol–water partition coefficient (Wildman–Crippen LogP) is 3.89. The van der Waals surface area contributed by atoms with Gasteiger partial charge in [0.1, 0.15) is 29.5 Å². The van der Waals surface area contributed by atoms with Gasteiger partial charge >= 0.3 is 0 Å². The lowest BCUT2D eigenvalue weighted by Crippen LogP contribution is -2.07. The first kappa shape index (κ1) is 19.7. The molecular weight excluding hydrogens is 356 g/mol. The SMILES string of the molecule is Cc1ccc(O)c(C(O)c2cc(C)cc(C(O)c3cc(C)ccc3O)c2O)c1. The minimum atomic E-state index is -1.28. The van der Waals surface area contributed by atoms with Crippen LogP contribution in [0.25, 0.3) is 0 Å². The molecule has 2 unspecified atom stereocenters. The van der Waals surface area contributed by atoms with Gasteiger partial charge in [0.25, 0.3) is 0 Å². The second kappa shape index (κ2) is 7.54. The molecule has 0 aliphatic carbocycles. The molecule has 0 bridgehead atoms. The quantitative estimate of drug-likeness (QED) is 0.473. The summed E-state index contributed by atoms with van der Waals surface area (Å²) in [5.74, 6) is -0.456. The number of aromatic hydroxyl groups is 3. The Kier molecular flexibility index (Phi) is 5.31. The molecule has 0 fully saturated rings. The molecule has 3 rings (SSSR count). The van der Waals surface area contributed by atoms with E-state index in [0.29, 0.717) is 5.56 Å². The van der Waals surface area contributed by atoms with Crippen molar-refractivity contribution in [2.45, 2.75) is 33.0 Å². The summed E-state index contributed by atoms with van der Waals surface area (Å²) < 4.78 is 0. The molecule has 5 N–H and O–H groups in total. The molecule has 3 aromatic carbocycles. The first-order chi connectivity index (χ1) is 13.2. The van der Waals surface area contributed by atoms with Gasteiger partial charge in [-0.1, -0.05) is 28.8 Å². The Morgan fingerprint density at radius 3 is 1.29 bits per heavy atom. The molecule has 0 saturated heterocycles. The first-order valence-corrected chi connectivity index (χ1v) is 8.97. The van der Waals surface area contributed by atoms with Crippen LogP contribution in [0.5, 0.6) is 17.2 Å². The highest BCUT2D eigenvalue weighted by Crippen LogP contribution is 2.41. The van der Waals surface area contributed by atoms with Crippen LogP contribution in [0.1, 0.15) is 51.2 Å². The van der Waals surface area contributed by atoms with Crippen LogP contribution in [-0.2, 0) is 0 Å². The highest BCUT2D eigenvalue weighted by Gasteiger charge is 2.25. The predicted molar refractivity (Wildman–Crippen MR) is 107 cm³/mol. The fourth-order valence-electron chi connectivity index (χ4n) is 3.37. The highest BCUT2D eigenvalue weighted by atomic mass is 16.3. The van der Waals surface area contributed by atoms with Crippen molar-refractivity contribution in [2.75, 3.05) is 0 Å². The third kappa shape index (κ3) is 3.67. The zero-order valence-electron chi connectivity index (χ0n) is 16.0. The summed E-state index contributed by atoms with van der Waals surface area (Å²) >= 11 is 0. The molecule has 0 spiro atoms. The van der Waals surface area contributed by atoms with Gasteiger partial charge in [-0.05, 0) is 57.2 Å². The molecule has 5 nitrogen and oxygen atoms in total. The van der Waals surface area contributed by atoms with E-state index in [4.69, 9.17) is 0 Å². The van der Waals surface area contributed by atoms with Crippen molar-refractivity contribution >= 4 is 0 Å². The van der Waals surface area contributed by atoms with Gasteiger partial charge in [0.2, 0.25) is 0 Å². The van der Waals surface area contributed by atoms with Gasteiger partial charge in [-0.25, -0.2) is 0 Å². The summed E-state index contributed by atoms with van der Waals surface area (Å²) in [5, 5.41) is 52.7. The largest absolute Gasteiger partial charge is 0.508 e. The molecule has 0 aliphatic heterocycles. The standard InChI is InChI=1S/C23H24O5/c1-12-4-6-19(24)15(8-12)21(26)17-10-14(3)11-18(23(17)28)22(27)16-9-13(2)5-7-20(16)25/h4-11,21-22,24-28H,1-3H3. The Morgan fingerprint density at radius 1 is 0.536 bits per heavy atom. The third-order valence-electron chi connectivity index (χ3n) is 4.86. The monoisotopic (exact) mass is 380 g/mol. The van der Waals surface area contributed by atoms with Gasteiger partial charge < -0.3 is 25.5 Å². The maximum Gasteiger partial charge on any atom is 0.127 e. The van der Waals surface area contributed by atoms with Crippen molar-refractivity contribution in [3.8, 4) is 17.2 Å². The summed E-state index contributed by atoms with van der Waals surface area (Å²) in [5.41, 5.74) is 3.27. The zero-order valence-corrected chi connectivity index (χ0v) is 16.0. The minimum Gasteiger partial charge on any atom is -0.508 e. The maximum absolute atomic E-state index is 10.8. The topological polar surface area (TPSA) is 101 Å². The Labute approximate surface area is 163 Å². The van der Waals surface area contributed by atoms with Crippen molar-refractivity contribution in [2.24, 2.45) is 0 Å². The molecular formula is C23H24O5. The number of rotatable bonds is 4. The third-order valence-corrected chi connectivity index (χ3v) is 4.86. The highest BCUT2D eigenvalue weighted by molar-refractivity contribution is 5.53. The molecule has 0 aromatic heterocycles. The number of aliphatic hydroxyl groups is 2. The summed E-state index contributed by atoms with van der Waals surface area (Å²) in [6, 6.07) is 12.9. The summed E-state index contributed by atoms with van der Waals surface area (Å²) in [4.78, 5) is 0. The fourth-order valence-corrected chi connectivity index (χ4v) is 3.37. The van der Waals surface area contributed by atoms with Gasteiger partial charge in [-0.2, -0.15) is 0 Å². The Balaban J connectivity index is 2.12. The van der Waals surface area contributed by atoms with Crippen molar-refractivity contribution < 1.29 is 25.5 Å². The molecule has 2 atom stereocenters. The summed E-state index contributed by atoms with van der Waals surface area (Å²) in [7, 11) is 0. The fraction of sp³-hybridized carbons (Fsp3) is 0.217. The van der Waals surface area contributed by atoms with Crippen LogP contribution in [0.4, 0.5) is 0 Å². The van der Waals surface area contributed by atoms with Gasteiger partial charge in [0.05, 0.1) is 0 Å². The Hall–Kier alpha value is -3.02. The first-order valence-electron chi connectivity index (χ1n) is 8.97. The van der Waals surface area contributed by atoms with Gasteiger partial charge in [-0.15, -0.1) is 0 Å². The lowest BCUT2D eigenvalue weighted by Gasteiger charge is -2.21. The van der Waals surface area contributed by atoms with Crippen LogP contribution >= 0.6 is 0 Å². The summed E-state index contributed by atoms with van der Waals surface area (Å²) in [6.45, 7) is 5.45. The van der Waals surface area contributed by atoms with E-state index in [-0.39, 0.29) is 39.5 Å². The van der Waals surface area contributed by atoms with E-state index in [1.807, 2.05) is 13.8 Å². The van der Waals surface area contributed by atoms with E-state index in [9.17, 15) is 25.5 Å². The Morgan fingerprint density at radius 2 is 0.893 bits per heavy atom. The number of aryl methyl sites for hydroxylation is 3. The lowest BCUT2D eigenvalue weighted by molar-refractivity contribution is 0.200. The molecule has 0 radical (unpaired) electrons. The number of phenols is 3. The van der Waals surface area contributed by atoms with E-state index < -0.39 is 12.2 Å². The summed E-state index contributed by atoms with van der Waals surface area (Å²) in [6.07, 6.45) is -2.56. The van der Waals surface area contributed by atoms with E-state index in [1.165, 1.54) is 12.1 Å². The van der Waals surface area contributed by atoms with Crippen LogP contribution in [0.15, 0.2) is 48.5 Å². The number of hydrogen-bond donors (Lipinski definition) is 5. The van der Waals surface area contributed by atoms with Crippen LogP contribution < -0.4 is 0 Å². The average Bonchev–Trinajstić information content (AvgIpc) is 2.66.